The van der Waals surface area contributed by atoms with E-state index in [-0.39, 0.29) is 36.9 Å². The first-order chi connectivity index (χ1) is 12.1. The van der Waals surface area contributed by atoms with E-state index in [4.69, 9.17) is 4.74 Å². The number of benzene rings is 1. The Morgan fingerprint density at radius 1 is 1.35 bits per heavy atom. The molecule has 3 rings (SSSR count). The number of hydrogen-bond acceptors (Lipinski definition) is 5. The van der Waals surface area contributed by atoms with Gasteiger partial charge in [0.2, 0.25) is 11.8 Å². The molecule has 1 aromatic heterocycles. The van der Waals surface area contributed by atoms with Gasteiger partial charge in [0, 0.05) is 24.6 Å². The van der Waals surface area contributed by atoms with E-state index < -0.39 is 6.04 Å². The number of carbonyl (C=O) groups excluding carboxylic acids is 2. The molecular weight excluding hydrogens is 358 g/mol. The summed E-state index contributed by atoms with van der Waals surface area (Å²) in [6, 6.07) is 8.68. The van der Waals surface area contributed by atoms with Crippen LogP contribution in [-0.4, -0.2) is 53.4 Å². The van der Waals surface area contributed by atoms with Crippen molar-refractivity contribution in [1.29, 1.82) is 0 Å². The molecule has 1 aliphatic rings. The number of nitrogens with one attached hydrogen (secondary N) is 3. The van der Waals surface area contributed by atoms with Crippen molar-refractivity contribution in [2.75, 3.05) is 25.0 Å². The average molecular weight is 380 g/mol. The van der Waals surface area contributed by atoms with E-state index in [9.17, 15) is 9.59 Å². The molecule has 9 heteroatoms. The van der Waals surface area contributed by atoms with Crippen molar-refractivity contribution in [3.05, 3.63) is 42.7 Å². The van der Waals surface area contributed by atoms with Crippen LogP contribution in [0.5, 0.6) is 0 Å². The first-order valence-corrected chi connectivity index (χ1v) is 8.16. The summed E-state index contributed by atoms with van der Waals surface area (Å²) in [6.07, 6.45) is 3.32. The summed E-state index contributed by atoms with van der Waals surface area (Å²) in [7, 11) is 0. The van der Waals surface area contributed by atoms with E-state index >= 15 is 0 Å². The van der Waals surface area contributed by atoms with Gasteiger partial charge in [0.15, 0.2) is 0 Å². The number of nitrogens with zero attached hydrogens (tertiary/aromatic N) is 2. The van der Waals surface area contributed by atoms with Crippen LogP contribution in [-0.2, 0) is 14.3 Å². The van der Waals surface area contributed by atoms with Gasteiger partial charge in [0.1, 0.15) is 6.04 Å². The fourth-order valence-electron chi connectivity index (χ4n) is 2.63. The predicted octanol–water partition coefficient (Wildman–Crippen LogP) is 0.726. The second kappa shape index (κ2) is 9.33. The van der Waals surface area contributed by atoms with E-state index in [0.29, 0.717) is 18.8 Å². The second-order valence-electron chi connectivity index (χ2n) is 5.77. The quantitative estimate of drug-likeness (QED) is 0.711. The lowest BCUT2D eigenvalue weighted by molar-refractivity contribution is -0.130. The van der Waals surface area contributed by atoms with Crippen LogP contribution < -0.4 is 16.0 Å². The standard InChI is InChI=1S/C17H21N5O3.ClH/c1-12-16(18-8-10-25-12)17(24)19-11-15(23)21-13-3-5-14(6-4-13)22-9-2-7-20-22;/h2-7,9,12,16,18H,8,10-11H2,1H3,(H,19,24)(H,21,23);1H/t12-,16+;/m1./s1. The summed E-state index contributed by atoms with van der Waals surface area (Å²) in [4.78, 5) is 24.1. The van der Waals surface area contributed by atoms with Crippen molar-refractivity contribution >= 4 is 29.9 Å². The number of morpholine rings is 1. The maximum atomic E-state index is 12.1. The smallest absolute Gasteiger partial charge is 0.243 e. The Morgan fingerprint density at radius 3 is 2.77 bits per heavy atom. The van der Waals surface area contributed by atoms with Gasteiger partial charge < -0.3 is 20.7 Å². The van der Waals surface area contributed by atoms with Gasteiger partial charge in [-0.25, -0.2) is 4.68 Å². The van der Waals surface area contributed by atoms with Crippen molar-refractivity contribution in [2.45, 2.75) is 19.1 Å². The van der Waals surface area contributed by atoms with Crippen LogP contribution in [0, 0.1) is 0 Å². The van der Waals surface area contributed by atoms with Crippen molar-refractivity contribution < 1.29 is 14.3 Å². The predicted molar refractivity (Wildman–Crippen MR) is 99.7 cm³/mol. The molecule has 1 aliphatic heterocycles. The number of hydrogen-bond donors (Lipinski definition) is 3. The van der Waals surface area contributed by atoms with Crippen molar-refractivity contribution in [3.8, 4) is 5.69 Å². The molecule has 0 bridgehead atoms. The minimum atomic E-state index is -0.435. The zero-order valence-electron chi connectivity index (χ0n) is 14.3. The monoisotopic (exact) mass is 379 g/mol. The molecule has 1 saturated heterocycles. The SMILES string of the molecule is C[C@H]1OCCN[C@@H]1C(=O)NCC(=O)Nc1ccc(-n2cccn2)cc1.Cl. The van der Waals surface area contributed by atoms with E-state index in [1.807, 2.05) is 31.3 Å². The molecule has 8 nitrogen and oxygen atoms in total. The third kappa shape index (κ3) is 5.04. The summed E-state index contributed by atoms with van der Waals surface area (Å²) in [5.74, 6) is -0.527. The molecule has 0 spiro atoms. The molecule has 2 aromatic rings. The van der Waals surface area contributed by atoms with Gasteiger partial charge in [0.25, 0.3) is 0 Å². The largest absolute Gasteiger partial charge is 0.375 e. The molecular formula is C17H22ClN5O3. The molecule has 2 amide bonds. The van der Waals surface area contributed by atoms with Crippen LogP contribution in [0.15, 0.2) is 42.7 Å². The summed E-state index contributed by atoms with van der Waals surface area (Å²) < 4.78 is 7.15. The third-order valence-corrected chi connectivity index (χ3v) is 3.94. The first-order valence-electron chi connectivity index (χ1n) is 8.16. The van der Waals surface area contributed by atoms with Crippen LogP contribution in [0.1, 0.15) is 6.92 Å². The van der Waals surface area contributed by atoms with E-state index in [1.165, 1.54) is 0 Å². The van der Waals surface area contributed by atoms with Crippen LogP contribution in [0.25, 0.3) is 5.69 Å². The Labute approximate surface area is 157 Å². The first kappa shape index (κ1) is 19.9. The summed E-state index contributed by atoms with van der Waals surface area (Å²) in [5, 5.41) is 12.6. The Kier molecular flexibility index (Phi) is 7.14. The highest BCUT2D eigenvalue weighted by atomic mass is 35.5. The molecule has 0 saturated carbocycles. The van der Waals surface area contributed by atoms with Crippen molar-refractivity contribution in [2.24, 2.45) is 0 Å². The fourth-order valence-corrected chi connectivity index (χ4v) is 2.63. The summed E-state index contributed by atoms with van der Waals surface area (Å²) in [6.45, 7) is 2.94. The number of aromatic nitrogens is 2. The van der Waals surface area contributed by atoms with Gasteiger partial charge in [-0.3, -0.25) is 9.59 Å². The highest BCUT2D eigenvalue weighted by molar-refractivity contribution is 5.95. The highest BCUT2D eigenvalue weighted by Gasteiger charge is 2.28. The van der Waals surface area contributed by atoms with Crippen LogP contribution >= 0.6 is 12.4 Å². The molecule has 0 radical (unpaired) electrons. The molecule has 1 aromatic carbocycles. The molecule has 0 aliphatic carbocycles. The lowest BCUT2D eigenvalue weighted by Gasteiger charge is -2.29. The normalized spacial score (nSPS) is 19.3. The highest BCUT2D eigenvalue weighted by Crippen LogP contribution is 2.12. The Bertz CT molecular complexity index is 721. The summed E-state index contributed by atoms with van der Waals surface area (Å²) >= 11 is 0. The number of anilines is 1. The van der Waals surface area contributed by atoms with Crippen molar-refractivity contribution in [1.82, 2.24) is 20.4 Å². The van der Waals surface area contributed by atoms with Crippen LogP contribution in [0.4, 0.5) is 5.69 Å². The number of halogens is 1. The maximum absolute atomic E-state index is 12.1. The molecule has 140 valence electrons. The Morgan fingerprint density at radius 2 is 2.12 bits per heavy atom. The molecule has 26 heavy (non-hydrogen) atoms. The molecule has 0 unspecified atom stereocenters. The van der Waals surface area contributed by atoms with Gasteiger partial charge in [0.05, 0.1) is 24.9 Å². The van der Waals surface area contributed by atoms with Gasteiger partial charge in [-0.15, -0.1) is 12.4 Å². The minimum absolute atomic E-state index is 0. The Balaban J connectivity index is 0.00000243. The topological polar surface area (TPSA) is 97.3 Å². The van der Waals surface area contributed by atoms with E-state index in [0.717, 1.165) is 5.69 Å². The Hall–Kier alpha value is -2.42. The van der Waals surface area contributed by atoms with Crippen molar-refractivity contribution in [3.63, 3.8) is 0 Å². The minimum Gasteiger partial charge on any atom is -0.375 e. The maximum Gasteiger partial charge on any atom is 0.243 e. The van der Waals surface area contributed by atoms with Gasteiger partial charge in [-0.1, -0.05) is 0 Å². The number of ether oxygens (including phenoxy) is 1. The lowest BCUT2D eigenvalue weighted by Crippen LogP contribution is -2.56. The van der Waals surface area contributed by atoms with E-state index in [2.05, 4.69) is 21.0 Å². The third-order valence-electron chi connectivity index (χ3n) is 3.94. The number of rotatable bonds is 5. The number of amides is 2. The summed E-state index contributed by atoms with van der Waals surface area (Å²) in [5.41, 5.74) is 1.55. The lowest BCUT2D eigenvalue weighted by atomic mass is 10.1. The molecule has 2 atom stereocenters. The van der Waals surface area contributed by atoms with Crippen LogP contribution in [0.3, 0.4) is 0 Å². The zero-order valence-corrected chi connectivity index (χ0v) is 15.2. The fraction of sp³-hybridized carbons (Fsp3) is 0.353. The zero-order chi connectivity index (χ0) is 17.6. The number of carbonyl (C=O) groups is 2. The molecule has 3 N–H and O–H groups in total. The van der Waals surface area contributed by atoms with Crippen LogP contribution in [0.2, 0.25) is 0 Å². The van der Waals surface area contributed by atoms with Gasteiger partial charge in [-0.2, -0.15) is 5.10 Å². The second-order valence-corrected chi connectivity index (χ2v) is 5.77. The van der Waals surface area contributed by atoms with Gasteiger partial charge in [-0.05, 0) is 37.3 Å². The molecule has 2 heterocycles. The van der Waals surface area contributed by atoms with Gasteiger partial charge >= 0.3 is 0 Å². The molecule has 1 fully saturated rings. The van der Waals surface area contributed by atoms with E-state index in [1.54, 1.807) is 23.0 Å². The average Bonchev–Trinajstić information content (AvgIpc) is 3.15.